The number of allylic oxidation sites excluding steroid dienone is 1. The molecule has 0 aliphatic carbocycles. The monoisotopic (exact) mass is 133 g/mol. The third-order valence-electron chi connectivity index (χ3n) is 1.00. The van der Waals surface area contributed by atoms with E-state index in [0.717, 1.165) is 12.3 Å². The highest BCUT2D eigenvalue weighted by Gasteiger charge is 2.34. The number of aliphatic hydroxyl groups excluding tert-OH is 1. The minimum Gasteiger partial charge on any atom is -0.506 e. The first-order valence-electron chi connectivity index (χ1n) is 2.40. The Labute approximate surface area is 50.5 Å². The lowest BCUT2D eigenvalue weighted by atomic mass is 10.2. The maximum atomic E-state index is 12.2. The van der Waals surface area contributed by atoms with E-state index in [-0.39, 0.29) is 0 Å². The second-order valence-corrected chi connectivity index (χ2v) is 1.75. The molecule has 1 aliphatic heterocycles. The second kappa shape index (κ2) is 1.79. The summed E-state index contributed by atoms with van der Waals surface area (Å²) in [5.74, 6) is -4.05. The van der Waals surface area contributed by atoms with Crippen molar-refractivity contribution in [2.45, 2.75) is 5.92 Å². The van der Waals surface area contributed by atoms with Crippen LogP contribution in [0.2, 0.25) is 0 Å². The first-order chi connectivity index (χ1) is 4.13. The summed E-state index contributed by atoms with van der Waals surface area (Å²) in [5.41, 5.74) is 0. The van der Waals surface area contributed by atoms with Gasteiger partial charge in [0.2, 0.25) is 0 Å². The van der Waals surface area contributed by atoms with E-state index in [9.17, 15) is 8.78 Å². The van der Waals surface area contributed by atoms with Crippen molar-refractivity contribution in [1.29, 1.82) is 0 Å². The van der Waals surface area contributed by atoms with E-state index in [4.69, 9.17) is 5.11 Å². The van der Waals surface area contributed by atoms with Crippen molar-refractivity contribution in [3.8, 4) is 0 Å². The number of aliphatic hydroxyl groups is 1. The highest BCUT2D eigenvalue weighted by Crippen LogP contribution is 2.23. The summed E-state index contributed by atoms with van der Waals surface area (Å²) < 4.78 is 24.3. The van der Waals surface area contributed by atoms with Gasteiger partial charge in [0.15, 0.2) is 5.76 Å². The third-order valence-corrected chi connectivity index (χ3v) is 1.00. The number of alkyl halides is 2. The fraction of sp³-hybridized carbons (Fsp3) is 0.400. The molecular formula is C5H5F2NO. The van der Waals surface area contributed by atoms with Gasteiger partial charge in [-0.25, -0.2) is 0 Å². The van der Waals surface area contributed by atoms with Gasteiger partial charge in [-0.2, -0.15) is 8.78 Å². The van der Waals surface area contributed by atoms with Crippen molar-refractivity contribution in [2.75, 3.05) is 6.54 Å². The van der Waals surface area contributed by atoms with Crippen LogP contribution >= 0.6 is 0 Å². The molecule has 0 atom stereocenters. The molecule has 0 spiro atoms. The molecule has 0 amide bonds. The van der Waals surface area contributed by atoms with E-state index in [1.165, 1.54) is 0 Å². The quantitative estimate of drug-likeness (QED) is 0.528. The van der Waals surface area contributed by atoms with Crippen LogP contribution in [0.25, 0.3) is 0 Å². The van der Waals surface area contributed by atoms with Gasteiger partial charge >= 0.3 is 5.92 Å². The summed E-state index contributed by atoms with van der Waals surface area (Å²) in [6.07, 6.45) is 2.05. The Hall–Kier alpha value is -0.930. The molecule has 0 unspecified atom stereocenters. The molecule has 0 aromatic rings. The van der Waals surface area contributed by atoms with E-state index in [0.29, 0.717) is 0 Å². The van der Waals surface area contributed by atoms with E-state index in [1.54, 1.807) is 0 Å². The summed E-state index contributed by atoms with van der Waals surface area (Å²) in [6.45, 7) is -0.644. The molecule has 1 aliphatic rings. The van der Waals surface area contributed by atoms with Crippen LogP contribution in [0.4, 0.5) is 8.78 Å². The van der Waals surface area contributed by atoms with Crippen LogP contribution in [0.1, 0.15) is 0 Å². The van der Waals surface area contributed by atoms with Crippen LogP contribution < -0.4 is 0 Å². The fourth-order valence-electron chi connectivity index (χ4n) is 0.494. The van der Waals surface area contributed by atoms with Crippen LogP contribution in [0.15, 0.2) is 16.8 Å². The standard InChI is InChI=1S/C5H5F2NO/c6-5(7)3-8-2-1-4(5)9/h1-2,9H,3H2. The van der Waals surface area contributed by atoms with Crippen molar-refractivity contribution in [1.82, 2.24) is 0 Å². The van der Waals surface area contributed by atoms with Crippen LogP contribution in [-0.4, -0.2) is 23.8 Å². The molecule has 0 fully saturated rings. The second-order valence-electron chi connectivity index (χ2n) is 1.75. The number of aliphatic imine (C=N–C) groups is 1. The number of nitrogens with zero attached hydrogens (tertiary/aromatic N) is 1. The predicted octanol–water partition coefficient (Wildman–Crippen LogP) is 1.15. The van der Waals surface area contributed by atoms with Crippen molar-refractivity contribution in [3.63, 3.8) is 0 Å². The molecule has 0 saturated heterocycles. The number of halogens is 2. The molecule has 1 heterocycles. The van der Waals surface area contributed by atoms with Crippen LogP contribution in [-0.2, 0) is 0 Å². The Balaban J connectivity index is 2.83. The number of hydrogen-bond acceptors (Lipinski definition) is 2. The van der Waals surface area contributed by atoms with E-state index in [1.807, 2.05) is 0 Å². The van der Waals surface area contributed by atoms with Gasteiger partial charge in [-0.05, 0) is 6.08 Å². The van der Waals surface area contributed by atoms with Gasteiger partial charge < -0.3 is 5.11 Å². The predicted molar refractivity (Wildman–Crippen MR) is 29.0 cm³/mol. The molecule has 0 bridgehead atoms. The maximum Gasteiger partial charge on any atom is 0.322 e. The first-order valence-corrected chi connectivity index (χ1v) is 2.40. The van der Waals surface area contributed by atoms with Crippen LogP contribution in [0.5, 0.6) is 0 Å². The van der Waals surface area contributed by atoms with Crippen molar-refractivity contribution >= 4 is 6.21 Å². The molecule has 0 saturated carbocycles. The molecule has 9 heavy (non-hydrogen) atoms. The molecule has 0 aromatic carbocycles. The summed E-state index contributed by atoms with van der Waals surface area (Å²) in [6, 6.07) is 0. The maximum absolute atomic E-state index is 12.2. The Morgan fingerprint density at radius 2 is 2.33 bits per heavy atom. The van der Waals surface area contributed by atoms with Gasteiger partial charge in [-0.3, -0.25) is 4.99 Å². The average Bonchev–Trinajstić information content (AvgIpc) is 1.77. The molecule has 1 rings (SSSR count). The zero-order chi connectivity index (χ0) is 6.91. The Bertz CT molecular complexity index is 174. The molecule has 0 aromatic heterocycles. The number of dihydropyridines is 1. The topological polar surface area (TPSA) is 32.6 Å². The zero-order valence-electron chi connectivity index (χ0n) is 4.51. The summed E-state index contributed by atoms with van der Waals surface area (Å²) in [4.78, 5) is 3.27. The molecule has 0 radical (unpaired) electrons. The van der Waals surface area contributed by atoms with E-state index >= 15 is 0 Å². The third kappa shape index (κ3) is 1.06. The minimum absolute atomic E-state index is 0.644. The molecule has 50 valence electrons. The lowest BCUT2D eigenvalue weighted by molar-refractivity contribution is 0.00821. The van der Waals surface area contributed by atoms with Gasteiger partial charge in [0.25, 0.3) is 0 Å². The summed E-state index contributed by atoms with van der Waals surface area (Å²) in [5, 5.41) is 8.46. The lowest BCUT2D eigenvalue weighted by Crippen LogP contribution is -2.25. The Morgan fingerprint density at radius 3 is 2.67 bits per heavy atom. The van der Waals surface area contributed by atoms with Crippen molar-refractivity contribution < 1.29 is 13.9 Å². The molecule has 4 heteroatoms. The number of hydrogen-bond donors (Lipinski definition) is 1. The Kier molecular flexibility index (Phi) is 1.23. The first kappa shape index (κ1) is 6.19. The van der Waals surface area contributed by atoms with Crippen LogP contribution in [0.3, 0.4) is 0 Å². The number of rotatable bonds is 0. The lowest BCUT2D eigenvalue weighted by Gasteiger charge is -2.14. The van der Waals surface area contributed by atoms with E-state index < -0.39 is 18.2 Å². The van der Waals surface area contributed by atoms with Gasteiger partial charge in [0.1, 0.15) is 6.54 Å². The highest BCUT2D eigenvalue weighted by atomic mass is 19.3. The fourth-order valence-corrected chi connectivity index (χ4v) is 0.494. The van der Waals surface area contributed by atoms with E-state index in [2.05, 4.69) is 4.99 Å². The van der Waals surface area contributed by atoms with Gasteiger partial charge in [-0.1, -0.05) is 0 Å². The summed E-state index contributed by atoms with van der Waals surface area (Å²) in [7, 11) is 0. The molecule has 1 N–H and O–H groups in total. The Morgan fingerprint density at radius 1 is 1.67 bits per heavy atom. The average molecular weight is 133 g/mol. The normalized spacial score (nSPS) is 23.6. The summed E-state index contributed by atoms with van der Waals surface area (Å²) >= 11 is 0. The van der Waals surface area contributed by atoms with Crippen molar-refractivity contribution in [2.24, 2.45) is 4.99 Å². The van der Waals surface area contributed by atoms with Gasteiger partial charge in [-0.15, -0.1) is 0 Å². The smallest absolute Gasteiger partial charge is 0.322 e. The molecule has 2 nitrogen and oxygen atoms in total. The van der Waals surface area contributed by atoms with Crippen LogP contribution in [0, 0.1) is 0 Å². The highest BCUT2D eigenvalue weighted by molar-refractivity contribution is 5.73. The van der Waals surface area contributed by atoms with Gasteiger partial charge in [0.05, 0.1) is 0 Å². The largest absolute Gasteiger partial charge is 0.506 e. The van der Waals surface area contributed by atoms with Gasteiger partial charge in [0, 0.05) is 6.21 Å². The molecular weight excluding hydrogens is 128 g/mol. The SMILES string of the molecule is OC1=CC=NCC1(F)F. The van der Waals surface area contributed by atoms with Crippen molar-refractivity contribution in [3.05, 3.63) is 11.8 Å². The zero-order valence-corrected chi connectivity index (χ0v) is 4.51. The minimum atomic E-state index is -3.14.